The molecule has 2 aromatic carbocycles. The highest BCUT2D eigenvalue weighted by Gasteiger charge is 2.23. The first-order valence-electron chi connectivity index (χ1n) is 14.2. The first kappa shape index (κ1) is 29.2. The molecule has 1 saturated heterocycles. The third kappa shape index (κ3) is 7.45. The minimum Gasteiger partial charge on any atom is -0.492 e. The monoisotopic (exact) mass is 547 g/mol. The third-order valence-corrected chi connectivity index (χ3v) is 7.25. The number of aromatic nitrogens is 1. The topological polar surface area (TPSA) is 82.0 Å². The van der Waals surface area contributed by atoms with Crippen LogP contribution in [-0.2, 0) is 22.5 Å². The van der Waals surface area contributed by atoms with E-state index in [-0.39, 0.29) is 23.8 Å². The zero-order valence-electron chi connectivity index (χ0n) is 24.0. The summed E-state index contributed by atoms with van der Waals surface area (Å²) in [5, 5.41) is 3.20. The van der Waals surface area contributed by atoms with Crippen molar-refractivity contribution in [3.63, 3.8) is 0 Å². The van der Waals surface area contributed by atoms with Gasteiger partial charge in [0.05, 0.1) is 26.2 Å². The van der Waals surface area contributed by atoms with E-state index in [1.165, 1.54) is 7.11 Å². The number of methoxy groups -OCH3 is 1. The molecule has 1 atom stereocenters. The maximum absolute atomic E-state index is 12.9. The molecule has 0 aliphatic carbocycles. The van der Waals surface area contributed by atoms with Gasteiger partial charge in [-0.05, 0) is 80.6 Å². The highest BCUT2D eigenvalue weighted by atomic mass is 16.5. The number of hydrogen-bond acceptors (Lipinski definition) is 6. The molecule has 1 aliphatic heterocycles. The molecule has 0 spiro atoms. The number of esters is 1. The molecule has 40 heavy (non-hydrogen) atoms. The van der Waals surface area contributed by atoms with Gasteiger partial charge in [0.2, 0.25) is 0 Å². The van der Waals surface area contributed by atoms with Gasteiger partial charge in [-0.25, -0.2) is 0 Å². The number of amides is 1. The molecular weight excluding hydrogens is 506 g/mol. The lowest BCUT2D eigenvalue weighted by atomic mass is 9.99. The number of ether oxygens (including phenoxy) is 3. The number of nitrogens with one attached hydrogen (secondary N) is 1. The number of hydrogen-bond donors (Lipinski definition) is 1. The largest absolute Gasteiger partial charge is 0.492 e. The van der Waals surface area contributed by atoms with Crippen LogP contribution in [0.25, 0.3) is 5.69 Å². The quantitative estimate of drug-likeness (QED) is 0.321. The molecule has 1 unspecified atom stereocenters. The predicted octanol–water partition coefficient (Wildman–Crippen LogP) is 5.02. The van der Waals surface area contributed by atoms with Crippen molar-refractivity contribution in [2.24, 2.45) is 5.92 Å². The Kier molecular flexibility index (Phi) is 10.2. The molecule has 1 amide bonds. The minimum absolute atomic E-state index is 0.0608. The first-order chi connectivity index (χ1) is 19.4. The lowest BCUT2D eigenvalue weighted by Gasteiger charge is -2.32. The van der Waals surface area contributed by atoms with Crippen LogP contribution in [0.2, 0.25) is 0 Å². The zero-order valence-corrected chi connectivity index (χ0v) is 24.0. The predicted molar refractivity (Wildman–Crippen MR) is 155 cm³/mol. The average molecular weight is 548 g/mol. The van der Waals surface area contributed by atoms with Gasteiger partial charge in [-0.3, -0.25) is 14.5 Å². The summed E-state index contributed by atoms with van der Waals surface area (Å²) in [4.78, 5) is 27.0. The lowest BCUT2D eigenvalue weighted by molar-refractivity contribution is -0.144. The number of carbonyl (C=O) groups excluding carboxylic acids is 2. The Morgan fingerprint density at radius 2 is 1.55 bits per heavy atom. The summed E-state index contributed by atoms with van der Waals surface area (Å²) in [5.41, 5.74) is 3.70. The Balaban J connectivity index is 1.33. The first-order valence-corrected chi connectivity index (χ1v) is 14.2. The van der Waals surface area contributed by atoms with E-state index >= 15 is 0 Å². The van der Waals surface area contributed by atoms with Gasteiger partial charge in [0.15, 0.2) is 0 Å². The molecule has 0 bridgehead atoms. The summed E-state index contributed by atoms with van der Waals surface area (Å²) in [6, 6.07) is 15.8. The van der Waals surface area contributed by atoms with E-state index in [9.17, 15) is 9.59 Å². The van der Waals surface area contributed by atoms with Crippen molar-refractivity contribution in [1.82, 2.24) is 14.8 Å². The molecule has 214 valence electrons. The lowest BCUT2D eigenvalue weighted by Crippen LogP contribution is -2.44. The number of likely N-dealkylation sites (tertiary alicyclic amines) is 1. The molecule has 0 radical (unpaired) electrons. The molecule has 8 heteroatoms. The van der Waals surface area contributed by atoms with E-state index in [0.717, 1.165) is 60.8 Å². The summed E-state index contributed by atoms with van der Waals surface area (Å²) in [7, 11) is 1.40. The fourth-order valence-electron chi connectivity index (χ4n) is 5.19. The Hall–Kier alpha value is -3.78. The molecule has 1 aromatic heterocycles. The van der Waals surface area contributed by atoms with Crippen molar-refractivity contribution >= 4 is 11.9 Å². The number of carbonyl (C=O) groups is 2. The van der Waals surface area contributed by atoms with Crippen LogP contribution in [0.5, 0.6) is 11.5 Å². The van der Waals surface area contributed by atoms with Crippen LogP contribution in [-0.4, -0.2) is 60.8 Å². The fourth-order valence-corrected chi connectivity index (χ4v) is 5.19. The molecule has 3 aromatic rings. The molecule has 2 heterocycles. The van der Waals surface area contributed by atoms with E-state index in [1.807, 2.05) is 74.1 Å². The SMILES string of the molecule is CCOc1cc(CN2CCC(NC(=O)c3ccc(CC(C)C(=O)OC)cc3)CC2)cc(OCC)c1-n1cccc1. The van der Waals surface area contributed by atoms with Crippen LogP contribution in [0.15, 0.2) is 60.9 Å². The summed E-state index contributed by atoms with van der Waals surface area (Å²) < 4.78 is 18.9. The van der Waals surface area contributed by atoms with Crippen LogP contribution < -0.4 is 14.8 Å². The van der Waals surface area contributed by atoms with E-state index in [1.54, 1.807) is 0 Å². The van der Waals surface area contributed by atoms with Crippen molar-refractivity contribution in [2.75, 3.05) is 33.4 Å². The van der Waals surface area contributed by atoms with Crippen molar-refractivity contribution in [1.29, 1.82) is 0 Å². The summed E-state index contributed by atoms with van der Waals surface area (Å²) in [6.07, 6.45) is 6.36. The maximum atomic E-state index is 12.9. The summed E-state index contributed by atoms with van der Waals surface area (Å²) in [5.74, 6) is 1.12. The van der Waals surface area contributed by atoms with E-state index in [2.05, 4.69) is 22.3 Å². The molecule has 1 fully saturated rings. The van der Waals surface area contributed by atoms with Gasteiger partial charge in [-0.1, -0.05) is 19.1 Å². The maximum Gasteiger partial charge on any atom is 0.308 e. The average Bonchev–Trinajstić information content (AvgIpc) is 3.49. The molecule has 4 rings (SSSR count). The molecule has 1 N–H and O–H groups in total. The van der Waals surface area contributed by atoms with Crippen molar-refractivity contribution in [3.8, 4) is 17.2 Å². The van der Waals surface area contributed by atoms with Gasteiger partial charge < -0.3 is 24.1 Å². The Bertz CT molecular complexity index is 1220. The number of piperidine rings is 1. The van der Waals surface area contributed by atoms with Crippen LogP contribution in [0, 0.1) is 5.92 Å². The van der Waals surface area contributed by atoms with Gasteiger partial charge in [-0.2, -0.15) is 0 Å². The van der Waals surface area contributed by atoms with Crippen LogP contribution >= 0.6 is 0 Å². The third-order valence-electron chi connectivity index (χ3n) is 7.25. The molecule has 0 saturated carbocycles. The number of rotatable bonds is 12. The van der Waals surface area contributed by atoms with Crippen molar-refractivity contribution in [2.45, 2.75) is 52.6 Å². The zero-order chi connectivity index (χ0) is 28.5. The van der Waals surface area contributed by atoms with Crippen molar-refractivity contribution in [3.05, 3.63) is 77.6 Å². The highest BCUT2D eigenvalue weighted by Crippen LogP contribution is 2.35. The van der Waals surface area contributed by atoms with Gasteiger partial charge in [0.25, 0.3) is 5.91 Å². The van der Waals surface area contributed by atoms with E-state index < -0.39 is 0 Å². The summed E-state index contributed by atoms with van der Waals surface area (Å²) in [6.45, 7) is 9.54. The van der Waals surface area contributed by atoms with Gasteiger partial charge in [0, 0.05) is 43.6 Å². The van der Waals surface area contributed by atoms with Crippen LogP contribution in [0.3, 0.4) is 0 Å². The van der Waals surface area contributed by atoms with Gasteiger partial charge in [-0.15, -0.1) is 0 Å². The van der Waals surface area contributed by atoms with Crippen LogP contribution in [0.1, 0.15) is 55.1 Å². The molecule has 1 aliphatic rings. The second-order valence-electron chi connectivity index (χ2n) is 10.2. The normalized spacial score (nSPS) is 14.9. The second kappa shape index (κ2) is 14.0. The van der Waals surface area contributed by atoms with Gasteiger partial charge >= 0.3 is 5.97 Å². The van der Waals surface area contributed by atoms with Crippen LogP contribution in [0.4, 0.5) is 0 Å². The fraction of sp³-hybridized carbons (Fsp3) is 0.438. The molecule has 8 nitrogen and oxygen atoms in total. The van der Waals surface area contributed by atoms with E-state index in [4.69, 9.17) is 14.2 Å². The smallest absolute Gasteiger partial charge is 0.308 e. The summed E-state index contributed by atoms with van der Waals surface area (Å²) >= 11 is 0. The van der Waals surface area contributed by atoms with Gasteiger partial charge in [0.1, 0.15) is 17.2 Å². The number of nitrogens with zero attached hydrogens (tertiary/aromatic N) is 2. The Morgan fingerprint density at radius 1 is 0.950 bits per heavy atom. The number of benzene rings is 2. The molecular formula is C32H41N3O5. The minimum atomic E-state index is -0.230. The Morgan fingerprint density at radius 3 is 2.10 bits per heavy atom. The standard InChI is InChI=1S/C32H41N3O5/c1-5-39-28-20-25(21-29(40-6-2)30(28)35-15-7-8-16-35)22-34-17-13-27(14-18-34)33-31(36)26-11-9-24(10-12-26)19-23(3)32(37)38-4/h7-12,15-16,20-21,23,27H,5-6,13-14,17-19,22H2,1-4H3,(H,33,36). The van der Waals surface area contributed by atoms with Crippen molar-refractivity contribution < 1.29 is 23.8 Å². The highest BCUT2D eigenvalue weighted by molar-refractivity contribution is 5.94. The van der Waals surface area contributed by atoms with E-state index in [0.29, 0.717) is 25.2 Å². The Labute approximate surface area is 237 Å². The second-order valence-corrected chi connectivity index (χ2v) is 10.2.